The summed E-state index contributed by atoms with van der Waals surface area (Å²) < 4.78 is 3.70. The first-order chi connectivity index (χ1) is 14.0. The molecule has 3 aromatic heterocycles. The average molecular weight is 388 g/mol. The Labute approximate surface area is 169 Å². The molecule has 0 bridgehead atoms. The molecule has 0 atom stereocenters. The Morgan fingerprint density at radius 1 is 1.17 bits per heavy atom. The van der Waals surface area contributed by atoms with Crippen LogP contribution in [0.3, 0.4) is 0 Å². The summed E-state index contributed by atoms with van der Waals surface area (Å²) in [7, 11) is 1.92. The topological polar surface area (TPSA) is 77.6 Å². The normalized spacial score (nSPS) is 11.1. The van der Waals surface area contributed by atoms with Crippen LogP contribution in [-0.2, 0) is 13.6 Å². The lowest BCUT2D eigenvalue weighted by Crippen LogP contribution is -2.25. The van der Waals surface area contributed by atoms with E-state index in [9.17, 15) is 4.79 Å². The SMILES string of the molecule is Cc1nn(C)c(C)c1-c1cc(C(=O)NCCCn2cccn2)c2ccccc2n1. The van der Waals surface area contributed by atoms with Crippen LogP contribution in [0.4, 0.5) is 0 Å². The molecule has 4 aromatic rings. The smallest absolute Gasteiger partial charge is 0.252 e. The van der Waals surface area contributed by atoms with Gasteiger partial charge in [0.15, 0.2) is 0 Å². The summed E-state index contributed by atoms with van der Waals surface area (Å²) in [5.41, 5.74) is 5.11. The Kier molecular flexibility index (Phi) is 5.12. The Hall–Kier alpha value is -3.48. The number of nitrogens with one attached hydrogen (secondary N) is 1. The van der Waals surface area contributed by atoms with Crippen molar-refractivity contribution in [1.82, 2.24) is 29.9 Å². The molecule has 0 fully saturated rings. The number of benzene rings is 1. The van der Waals surface area contributed by atoms with Gasteiger partial charge >= 0.3 is 0 Å². The lowest BCUT2D eigenvalue weighted by Gasteiger charge is -2.11. The van der Waals surface area contributed by atoms with Crippen molar-refractivity contribution in [3.63, 3.8) is 0 Å². The van der Waals surface area contributed by atoms with Gasteiger partial charge in [-0.1, -0.05) is 18.2 Å². The number of hydrogen-bond donors (Lipinski definition) is 1. The van der Waals surface area contributed by atoms with Crippen LogP contribution in [0, 0.1) is 13.8 Å². The van der Waals surface area contributed by atoms with E-state index in [2.05, 4.69) is 15.5 Å². The second-order valence-corrected chi connectivity index (χ2v) is 7.12. The molecule has 29 heavy (non-hydrogen) atoms. The van der Waals surface area contributed by atoms with Crippen LogP contribution in [0.5, 0.6) is 0 Å². The average Bonchev–Trinajstić information content (AvgIpc) is 3.32. The number of aryl methyl sites for hydroxylation is 3. The van der Waals surface area contributed by atoms with Crippen LogP contribution in [0.25, 0.3) is 22.2 Å². The quantitative estimate of drug-likeness (QED) is 0.514. The molecule has 0 aliphatic rings. The van der Waals surface area contributed by atoms with Crippen LogP contribution in [0.1, 0.15) is 28.2 Å². The van der Waals surface area contributed by atoms with Crippen LogP contribution >= 0.6 is 0 Å². The first-order valence-corrected chi connectivity index (χ1v) is 9.70. The molecule has 0 saturated carbocycles. The lowest BCUT2D eigenvalue weighted by molar-refractivity contribution is 0.0954. The maximum Gasteiger partial charge on any atom is 0.252 e. The van der Waals surface area contributed by atoms with Crippen molar-refractivity contribution < 1.29 is 4.79 Å². The predicted octanol–water partition coefficient (Wildman–Crippen LogP) is 3.27. The number of carbonyl (C=O) groups is 1. The monoisotopic (exact) mass is 388 g/mol. The third-order valence-corrected chi connectivity index (χ3v) is 5.13. The van der Waals surface area contributed by atoms with Crippen molar-refractivity contribution in [1.29, 1.82) is 0 Å². The molecular weight excluding hydrogens is 364 g/mol. The Bertz CT molecular complexity index is 1160. The number of nitrogens with zero attached hydrogens (tertiary/aromatic N) is 5. The Morgan fingerprint density at radius 3 is 2.72 bits per heavy atom. The zero-order valence-corrected chi connectivity index (χ0v) is 16.9. The molecule has 1 aromatic carbocycles. The molecule has 7 heteroatoms. The van der Waals surface area contributed by atoms with Gasteiger partial charge in [-0.05, 0) is 38.5 Å². The van der Waals surface area contributed by atoms with E-state index in [0.29, 0.717) is 12.1 Å². The number of pyridine rings is 1. The second kappa shape index (κ2) is 7.87. The van der Waals surface area contributed by atoms with Gasteiger partial charge < -0.3 is 5.32 Å². The largest absolute Gasteiger partial charge is 0.352 e. The first kappa shape index (κ1) is 18.9. The summed E-state index contributed by atoms with van der Waals surface area (Å²) >= 11 is 0. The summed E-state index contributed by atoms with van der Waals surface area (Å²) in [6.07, 6.45) is 4.48. The van der Waals surface area contributed by atoms with E-state index in [4.69, 9.17) is 4.98 Å². The highest BCUT2D eigenvalue weighted by Gasteiger charge is 2.18. The number of carbonyl (C=O) groups excluding carboxylic acids is 1. The molecule has 1 N–H and O–H groups in total. The van der Waals surface area contributed by atoms with Crippen LogP contribution in [-0.4, -0.2) is 37.0 Å². The van der Waals surface area contributed by atoms with E-state index in [1.54, 1.807) is 6.20 Å². The van der Waals surface area contributed by atoms with Crippen LogP contribution in [0.15, 0.2) is 48.8 Å². The van der Waals surface area contributed by atoms with Gasteiger partial charge in [0.2, 0.25) is 0 Å². The number of hydrogen-bond acceptors (Lipinski definition) is 4. The number of amides is 1. The third-order valence-electron chi connectivity index (χ3n) is 5.13. The summed E-state index contributed by atoms with van der Waals surface area (Å²) in [6.45, 7) is 5.33. The zero-order chi connectivity index (χ0) is 20.4. The highest BCUT2D eigenvalue weighted by Crippen LogP contribution is 2.29. The van der Waals surface area contributed by atoms with Crippen LogP contribution in [0.2, 0.25) is 0 Å². The van der Waals surface area contributed by atoms with Gasteiger partial charge in [-0.2, -0.15) is 10.2 Å². The van der Waals surface area contributed by atoms with E-state index >= 15 is 0 Å². The van der Waals surface area contributed by atoms with Gasteiger partial charge in [-0.3, -0.25) is 14.2 Å². The van der Waals surface area contributed by atoms with Crippen molar-refractivity contribution in [2.75, 3.05) is 6.54 Å². The molecule has 148 valence electrons. The molecule has 0 saturated heterocycles. The Balaban J connectivity index is 1.63. The van der Waals surface area contributed by atoms with Gasteiger partial charge in [0.25, 0.3) is 5.91 Å². The first-order valence-electron chi connectivity index (χ1n) is 9.70. The standard InChI is InChI=1S/C22H24N6O/c1-15-21(16(2)27(3)26-15)20-14-18(17-8-4-5-9-19(17)25-20)22(29)23-10-6-12-28-13-7-11-24-28/h4-5,7-9,11,13-14H,6,10,12H2,1-3H3,(H,23,29). The molecule has 3 heterocycles. The van der Waals surface area contributed by atoms with E-state index in [-0.39, 0.29) is 5.91 Å². The van der Waals surface area contributed by atoms with Gasteiger partial charge in [0.1, 0.15) is 0 Å². The molecular formula is C22H24N6O. The molecule has 7 nitrogen and oxygen atoms in total. The maximum atomic E-state index is 13.0. The molecule has 1 amide bonds. The molecule has 0 aliphatic heterocycles. The lowest BCUT2D eigenvalue weighted by atomic mass is 10.0. The number of fused-ring (bicyclic) bond motifs is 1. The minimum absolute atomic E-state index is 0.0930. The van der Waals surface area contributed by atoms with E-state index in [0.717, 1.165) is 46.5 Å². The highest BCUT2D eigenvalue weighted by molar-refractivity contribution is 6.07. The van der Waals surface area contributed by atoms with E-state index in [1.807, 2.05) is 72.9 Å². The van der Waals surface area contributed by atoms with Crippen molar-refractivity contribution in [3.05, 3.63) is 65.7 Å². The van der Waals surface area contributed by atoms with Gasteiger partial charge in [0.05, 0.1) is 22.5 Å². The fourth-order valence-electron chi connectivity index (χ4n) is 3.61. The minimum atomic E-state index is -0.0930. The molecule has 0 unspecified atom stereocenters. The summed E-state index contributed by atoms with van der Waals surface area (Å²) in [6, 6.07) is 11.5. The maximum absolute atomic E-state index is 13.0. The summed E-state index contributed by atoms with van der Waals surface area (Å²) in [5.74, 6) is -0.0930. The number of rotatable bonds is 6. The minimum Gasteiger partial charge on any atom is -0.352 e. The highest BCUT2D eigenvalue weighted by atomic mass is 16.1. The second-order valence-electron chi connectivity index (χ2n) is 7.12. The van der Waals surface area contributed by atoms with Crippen molar-refractivity contribution in [2.45, 2.75) is 26.8 Å². The number of aromatic nitrogens is 5. The fourth-order valence-corrected chi connectivity index (χ4v) is 3.61. The molecule has 0 radical (unpaired) electrons. The zero-order valence-electron chi connectivity index (χ0n) is 16.9. The Morgan fingerprint density at radius 2 is 2.00 bits per heavy atom. The van der Waals surface area contributed by atoms with E-state index < -0.39 is 0 Å². The summed E-state index contributed by atoms with van der Waals surface area (Å²) in [4.78, 5) is 17.8. The predicted molar refractivity (Wildman–Crippen MR) is 113 cm³/mol. The van der Waals surface area contributed by atoms with Gasteiger partial charge in [-0.15, -0.1) is 0 Å². The molecule has 0 spiro atoms. The fraction of sp³-hybridized carbons (Fsp3) is 0.273. The van der Waals surface area contributed by atoms with Crippen molar-refractivity contribution in [2.24, 2.45) is 7.05 Å². The van der Waals surface area contributed by atoms with Crippen molar-refractivity contribution in [3.8, 4) is 11.3 Å². The third kappa shape index (κ3) is 3.76. The molecule has 0 aliphatic carbocycles. The summed E-state index contributed by atoms with van der Waals surface area (Å²) in [5, 5.41) is 12.6. The van der Waals surface area contributed by atoms with Gasteiger partial charge in [-0.25, -0.2) is 4.98 Å². The van der Waals surface area contributed by atoms with E-state index in [1.165, 1.54) is 0 Å². The van der Waals surface area contributed by atoms with Crippen LogP contribution < -0.4 is 5.32 Å². The van der Waals surface area contributed by atoms with Gasteiger partial charge in [0, 0.05) is 49.2 Å². The number of para-hydroxylation sites is 1. The molecule has 4 rings (SSSR count). The van der Waals surface area contributed by atoms with Crippen molar-refractivity contribution >= 4 is 16.8 Å².